The Bertz CT molecular complexity index is 597. The molecule has 3 heteroatoms. The van der Waals surface area contributed by atoms with Gasteiger partial charge in [0.2, 0.25) is 0 Å². The zero-order valence-electron chi connectivity index (χ0n) is 14.2. The average molecular weight is 335 g/mol. The molecule has 0 radical (unpaired) electrons. The molecule has 2 rings (SSSR count). The van der Waals surface area contributed by atoms with Gasteiger partial charge in [-0.3, -0.25) is 0 Å². The van der Waals surface area contributed by atoms with Gasteiger partial charge in [0.15, 0.2) is 0 Å². The summed E-state index contributed by atoms with van der Waals surface area (Å²) in [7, 11) is 0. The van der Waals surface area contributed by atoms with Crippen molar-refractivity contribution in [2.45, 2.75) is 39.5 Å². The minimum Gasteiger partial charge on any atom is -0.493 e. The predicted molar refractivity (Wildman–Crippen MR) is 99.0 cm³/mol. The Morgan fingerprint density at radius 3 is 2.17 bits per heavy atom. The van der Waals surface area contributed by atoms with Gasteiger partial charge in [0.05, 0.1) is 12.5 Å². The minimum absolute atomic E-state index is 0.488. The van der Waals surface area contributed by atoms with Crippen LogP contribution in [0.3, 0.4) is 0 Å². The largest absolute Gasteiger partial charge is 0.493 e. The Balaban J connectivity index is 2.14. The number of fused-ring (bicyclic) bond motifs is 1. The van der Waals surface area contributed by atoms with Crippen LogP contribution in [-0.4, -0.2) is 19.1 Å². The van der Waals surface area contributed by atoms with Crippen molar-refractivity contribution in [3.63, 3.8) is 0 Å². The fourth-order valence-electron chi connectivity index (χ4n) is 2.75. The van der Waals surface area contributed by atoms with Crippen LogP contribution >= 0.6 is 11.6 Å². The van der Waals surface area contributed by atoms with E-state index in [-0.39, 0.29) is 0 Å². The number of unbranched alkanes of at least 4 members (excludes halogenated alkanes) is 1. The molecular weight excluding hydrogens is 308 g/mol. The van der Waals surface area contributed by atoms with Crippen LogP contribution in [0, 0.1) is 5.92 Å². The van der Waals surface area contributed by atoms with Gasteiger partial charge in [-0.15, -0.1) is 11.6 Å². The molecule has 23 heavy (non-hydrogen) atoms. The first-order chi connectivity index (χ1) is 11.3. The van der Waals surface area contributed by atoms with Crippen molar-refractivity contribution in [2.24, 2.45) is 5.92 Å². The first-order valence-electron chi connectivity index (χ1n) is 8.63. The maximum atomic E-state index is 6.15. The highest BCUT2D eigenvalue weighted by Gasteiger charge is 2.11. The highest BCUT2D eigenvalue weighted by Crippen LogP contribution is 2.33. The maximum absolute atomic E-state index is 6.15. The van der Waals surface area contributed by atoms with Gasteiger partial charge in [-0.2, -0.15) is 0 Å². The van der Waals surface area contributed by atoms with Gasteiger partial charge >= 0.3 is 0 Å². The van der Waals surface area contributed by atoms with E-state index >= 15 is 0 Å². The van der Waals surface area contributed by atoms with E-state index in [1.807, 2.05) is 24.3 Å². The van der Waals surface area contributed by atoms with Crippen LogP contribution in [0.4, 0.5) is 0 Å². The van der Waals surface area contributed by atoms with Crippen LogP contribution < -0.4 is 9.47 Å². The second kappa shape index (κ2) is 9.67. The summed E-state index contributed by atoms with van der Waals surface area (Å²) in [4.78, 5) is 0. The number of hydrogen-bond donors (Lipinski definition) is 0. The summed E-state index contributed by atoms with van der Waals surface area (Å²) in [5, 5.41) is 2.18. The van der Waals surface area contributed by atoms with E-state index in [0.29, 0.717) is 18.4 Å². The van der Waals surface area contributed by atoms with Crippen LogP contribution in [-0.2, 0) is 0 Å². The Morgan fingerprint density at radius 1 is 0.957 bits per heavy atom. The smallest absolute Gasteiger partial charge is 0.127 e. The van der Waals surface area contributed by atoms with Crippen LogP contribution in [0.2, 0.25) is 0 Å². The Hall–Kier alpha value is -1.41. The lowest BCUT2D eigenvalue weighted by Gasteiger charge is -2.17. The summed E-state index contributed by atoms with van der Waals surface area (Å²) < 4.78 is 11.9. The van der Waals surface area contributed by atoms with Crippen molar-refractivity contribution in [3.05, 3.63) is 36.4 Å². The number of benzene rings is 2. The molecule has 0 bridgehead atoms. The second-order valence-electron chi connectivity index (χ2n) is 5.87. The van der Waals surface area contributed by atoms with E-state index in [9.17, 15) is 0 Å². The lowest BCUT2D eigenvalue weighted by molar-refractivity contribution is 0.235. The zero-order valence-corrected chi connectivity index (χ0v) is 14.9. The Morgan fingerprint density at radius 2 is 1.61 bits per heavy atom. The van der Waals surface area contributed by atoms with Crippen LogP contribution in [0.5, 0.6) is 11.5 Å². The normalized spacial score (nSPS) is 12.3. The van der Waals surface area contributed by atoms with Gasteiger partial charge in [0.1, 0.15) is 18.1 Å². The molecule has 0 aliphatic heterocycles. The topological polar surface area (TPSA) is 18.5 Å². The van der Waals surface area contributed by atoms with Gasteiger partial charge in [0, 0.05) is 10.8 Å². The number of rotatable bonds is 10. The standard InChI is InChI=1S/C20H27ClO2/c1-3-5-8-16(4-2)15-23-20-12-11-19(22-14-13-21)17-9-6-7-10-18(17)20/h6-7,9-12,16H,3-5,8,13-15H2,1-2H3. The summed E-state index contributed by atoms with van der Waals surface area (Å²) in [6, 6.07) is 12.2. The molecule has 0 amide bonds. The van der Waals surface area contributed by atoms with Crippen molar-refractivity contribution in [1.29, 1.82) is 0 Å². The number of alkyl halides is 1. The van der Waals surface area contributed by atoms with E-state index < -0.39 is 0 Å². The molecule has 0 heterocycles. The van der Waals surface area contributed by atoms with E-state index in [0.717, 1.165) is 35.3 Å². The average Bonchev–Trinajstić information content (AvgIpc) is 2.60. The molecule has 0 spiro atoms. The highest BCUT2D eigenvalue weighted by atomic mass is 35.5. The maximum Gasteiger partial charge on any atom is 0.127 e. The fourth-order valence-corrected chi connectivity index (χ4v) is 2.83. The molecule has 1 atom stereocenters. The summed E-state index contributed by atoms with van der Waals surface area (Å²) >= 11 is 5.73. The SMILES string of the molecule is CCCCC(CC)COc1ccc(OCCCl)c2ccccc12. The van der Waals surface area contributed by atoms with Gasteiger partial charge in [-0.1, -0.05) is 57.4 Å². The Kier molecular flexibility index (Phi) is 7.54. The van der Waals surface area contributed by atoms with E-state index in [1.165, 1.54) is 19.3 Å². The lowest BCUT2D eigenvalue weighted by atomic mass is 10.0. The van der Waals surface area contributed by atoms with Crippen molar-refractivity contribution in [1.82, 2.24) is 0 Å². The number of ether oxygens (including phenoxy) is 2. The molecule has 0 N–H and O–H groups in total. The first kappa shape index (κ1) is 17.9. The molecule has 126 valence electrons. The molecule has 2 aromatic rings. The molecule has 0 saturated carbocycles. The zero-order chi connectivity index (χ0) is 16.5. The van der Waals surface area contributed by atoms with Crippen LogP contribution in [0.25, 0.3) is 10.8 Å². The third-order valence-corrected chi connectivity index (χ3v) is 4.35. The third-order valence-electron chi connectivity index (χ3n) is 4.20. The fraction of sp³-hybridized carbons (Fsp3) is 0.500. The van der Waals surface area contributed by atoms with Crippen molar-refractivity contribution in [2.75, 3.05) is 19.1 Å². The van der Waals surface area contributed by atoms with E-state index in [4.69, 9.17) is 21.1 Å². The molecule has 1 unspecified atom stereocenters. The third kappa shape index (κ3) is 5.04. The molecule has 0 aliphatic carbocycles. The van der Waals surface area contributed by atoms with Crippen LogP contribution in [0.1, 0.15) is 39.5 Å². The van der Waals surface area contributed by atoms with Crippen LogP contribution in [0.15, 0.2) is 36.4 Å². The highest BCUT2D eigenvalue weighted by molar-refractivity contribution is 6.18. The molecule has 0 aliphatic rings. The minimum atomic E-state index is 0.488. The first-order valence-corrected chi connectivity index (χ1v) is 9.16. The number of halogens is 1. The second-order valence-corrected chi connectivity index (χ2v) is 6.25. The van der Waals surface area contributed by atoms with Gasteiger partial charge < -0.3 is 9.47 Å². The van der Waals surface area contributed by atoms with E-state index in [2.05, 4.69) is 26.0 Å². The molecule has 0 fully saturated rings. The molecule has 0 aromatic heterocycles. The van der Waals surface area contributed by atoms with Gasteiger partial charge in [-0.25, -0.2) is 0 Å². The monoisotopic (exact) mass is 334 g/mol. The summed E-state index contributed by atoms with van der Waals surface area (Å²) in [6.45, 7) is 5.77. The van der Waals surface area contributed by atoms with Crippen molar-refractivity contribution < 1.29 is 9.47 Å². The molecule has 2 aromatic carbocycles. The lowest BCUT2D eigenvalue weighted by Crippen LogP contribution is -2.11. The Labute approximate surface area is 144 Å². The summed E-state index contributed by atoms with van der Waals surface area (Å²) in [6.07, 6.45) is 4.91. The van der Waals surface area contributed by atoms with E-state index in [1.54, 1.807) is 0 Å². The summed E-state index contributed by atoms with van der Waals surface area (Å²) in [5.74, 6) is 2.92. The summed E-state index contributed by atoms with van der Waals surface area (Å²) in [5.41, 5.74) is 0. The van der Waals surface area contributed by atoms with Crippen molar-refractivity contribution in [3.8, 4) is 11.5 Å². The molecular formula is C20H27ClO2. The quantitative estimate of drug-likeness (QED) is 0.492. The molecule has 2 nitrogen and oxygen atoms in total. The van der Waals surface area contributed by atoms with Crippen molar-refractivity contribution >= 4 is 22.4 Å². The molecule has 0 saturated heterocycles. The van der Waals surface area contributed by atoms with Gasteiger partial charge in [0.25, 0.3) is 0 Å². The van der Waals surface area contributed by atoms with Gasteiger partial charge in [-0.05, 0) is 24.5 Å². The number of hydrogen-bond acceptors (Lipinski definition) is 2. The predicted octanol–water partition coefficient (Wildman–Crippen LogP) is 6.05.